The van der Waals surface area contributed by atoms with Gasteiger partial charge in [0.15, 0.2) is 0 Å². The van der Waals surface area contributed by atoms with Crippen molar-refractivity contribution < 1.29 is 9.52 Å². The van der Waals surface area contributed by atoms with Gasteiger partial charge >= 0.3 is 0 Å². The molecule has 0 spiro atoms. The Morgan fingerprint density at radius 2 is 1.93 bits per heavy atom. The summed E-state index contributed by atoms with van der Waals surface area (Å²) in [5.74, 6) is 1.49. The maximum Gasteiger partial charge on any atom is 0.134 e. The van der Waals surface area contributed by atoms with Gasteiger partial charge in [-0.25, -0.2) is 5.11 Å². The van der Waals surface area contributed by atoms with Crippen molar-refractivity contribution in [3.8, 4) is 11.3 Å². The molecular weight excluding hydrogens is 176 g/mol. The van der Waals surface area contributed by atoms with Gasteiger partial charge in [-0.1, -0.05) is 30.3 Å². The lowest BCUT2D eigenvalue weighted by atomic mass is 10.1. The Labute approximate surface area is 82.8 Å². The maximum absolute atomic E-state index is 10.7. The Morgan fingerprint density at radius 3 is 2.50 bits per heavy atom. The first-order valence-corrected chi connectivity index (χ1v) is 4.54. The van der Waals surface area contributed by atoms with Crippen molar-refractivity contribution in [3.05, 3.63) is 47.7 Å². The molecule has 0 atom stereocenters. The minimum Gasteiger partial charge on any atom is -0.461 e. The Balaban J connectivity index is 2.43. The Morgan fingerprint density at radius 1 is 1.21 bits per heavy atom. The van der Waals surface area contributed by atoms with E-state index in [1.807, 2.05) is 43.3 Å². The number of rotatable bonds is 2. The molecule has 0 fully saturated rings. The standard InChI is InChI=1S/C12H11O2/c1-9-11(8-13)7-12(14-9)10-5-3-2-4-6-10/h2-7H,8H2,1H3. The van der Waals surface area contributed by atoms with Gasteiger partial charge in [-0.15, -0.1) is 0 Å². The van der Waals surface area contributed by atoms with Gasteiger partial charge in [-0.2, -0.15) is 0 Å². The molecule has 0 aliphatic carbocycles. The molecule has 1 heterocycles. The van der Waals surface area contributed by atoms with Gasteiger partial charge in [0.2, 0.25) is 0 Å². The molecule has 2 aromatic rings. The number of furan rings is 1. The highest BCUT2D eigenvalue weighted by atomic mass is 16.3. The van der Waals surface area contributed by atoms with Crippen molar-refractivity contribution in [2.24, 2.45) is 0 Å². The molecule has 1 aromatic carbocycles. The van der Waals surface area contributed by atoms with Gasteiger partial charge in [0, 0.05) is 11.1 Å². The van der Waals surface area contributed by atoms with Gasteiger partial charge in [0.1, 0.15) is 18.1 Å². The molecule has 0 unspecified atom stereocenters. The molecule has 1 radical (unpaired) electrons. The second-order valence-electron chi connectivity index (χ2n) is 3.20. The molecule has 71 valence electrons. The zero-order chi connectivity index (χ0) is 9.97. The molecule has 1 aromatic heterocycles. The van der Waals surface area contributed by atoms with Gasteiger partial charge < -0.3 is 4.42 Å². The van der Waals surface area contributed by atoms with Crippen LogP contribution in [0.1, 0.15) is 11.3 Å². The van der Waals surface area contributed by atoms with Crippen molar-refractivity contribution in [1.82, 2.24) is 0 Å². The van der Waals surface area contributed by atoms with Crippen molar-refractivity contribution in [2.75, 3.05) is 0 Å². The Hall–Kier alpha value is -1.54. The van der Waals surface area contributed by atoms with Crippen LogP contribution in [0.2, 0.25) is 0 Å². The van der Waals surface area contributed by atoms with E-state index in [1.54, 1.807) is 0 Å². The fourth-order valence-corrected chi connectivity index (χ4v) is 1.41. The van der Waals surface area contributed by atoms with E-state index in [0.29, 0.717) is 0 Å². The zero-order valence-corrected chi connectivity index (χ0v) is 7.99. The van der Waals surface area contributed by atoms with Crippen LogP contribution < -0.4 is 0 Å². The van der Waals surface area contributed by atoms with Crippen molar-refractivity contribution in [2.45, 2.75) is 13.5 Å². The number of aryl methyl sites for hydroxylation is 1. The van der Waals surface area contributed by atoms with E-state index in [4.69, 9.17) is 4.42 Å². The van der Waals surface area contributed by atoms with Crippen LogP contribution in [0.4, 0.5) is 0 Å². The predicted molar refractivity (Wildman–Crippen MR) is 53.3 cm³/mol. The smallest absolute Gasteiger partial charge is 0.134 e. The summed E-state index contributed by atoms with van der Waals surface area (Å²) in [4.78, 5) is 0. The lowest BCUT2D eigenvalue weighted by molar-refractivity contribution is 0.176. The van der Waals surface area contributed by atoms with Gasteiger partial charge in [-0.05, 0) is 13.0 Å². The Bertz CT molecular complexity index is 415. The summed E-state index contributed by atoms with van der Waals surface area (Å²) in [5.41, 5.74) is 1.75. The number of hydrogen-bond donors (Lipinski definition) is 0. The lowest BCUT2D eigenvalue weighted by Gasteiger charge is -1.93. The molecule has 0 saturated carbocycles. The largest absolute Gasteiger partial charge is 0.461 e. The molecule has 0 N–H and O–H groups in total. The van der Waals surface area contributed by atoms with Crippen LogP contribution in [0.15, 0.2) is 40.8 Å². The van der Waals surface area contributed by atoms with E-state index in [-0.39, 0.29) is 6.61 Å². The van der Waals surface area contributed by atoms with Crippen LogP contribution in [0.25, 0.3) is 11.3 Å². The first-order chi connectivity index (χ1) is 6.81. The monoisotopic (exact) mass is 187 g/mol. The highest BCUT2D eigenvalue weighted by molar-refractivity contribution is 5.58. The van der Waals surface area contributed by atoms with Crippen LogP contribution in [-0.2, 0) is 11.7 Å². The quantitative estimate of drug-likeness (QED) is 0.710. The van der Waals surface area contributed by atoms with E-state index in [2.05, 4.69) is 0 Å². The van der Waals surface area contributed by atoms with Crippen molar-refractivity contribution >= 4 is 0 Å². The van der Waals surface area contributed by atoms with E-state index in [1.165, 1.54) is 0 Å². The second kappa shape index (κ2) is 3.68. The highest BCUT2D eigenvalue weighted by Crippen LogP contribution is 2.24. The summed E-state index contributed by atoms with van der Waals surface area (Å²) in [6, 6.07) is 11.6. The molecule has 2 nitrogen and oxygen atoms in total. The van der Waals surface area contributed by atoms with Crippen LogP contribution >= 0.6 is 0 Å². The Kier molecular flexibility index (Phi) is 2.37. The average Bonchev–Trinajstić information content (AvgIpc) is 2.61. The molecular formula is C12H11O2. The minimum atomic E-state index is -0.220. The fourth-order valence-electron chi connectivity index (χ4n) is 1.41. The van der Waals surface area contributed by atoms with Crippen LogP contribution in [0.5, 0.6) is 0 Å². The van der Waals surface area contributed by atoms with Crippen molar-refractivity contribution in [3.63, 3.8) is 0 Å². The van der Waals surface area contributed by atoms with E-state index < -0.39 is 0 Å². The number of hydrogen-bond acceptors (Lipinski definition) is 1. The second-order valence-corrected chi connectivity index (χ2v) is 3.20. The molecule has 0 aliphatic heterocycles. The van der Waals surface area contributed by atoms with E-state index >= 15 is 0 Å². The summed E-state index contributed by atoms with van der Waals surface area (Å²) in [6.45, 7) is 1.60. The molecule has 14 heavy (non-hydrogen) atoms. The first kappa shape index (κ1) is 9.03. The molecule has 0 saturated heterocycles. The summed E-state index contributed by atoms with van der Waals surface area (Å²) in [6.07, 6.45) is 0. The van der Waals surface area contributed by atoms with Gasteiger partial charge in [0.05, 0.1) is 0 Å². The molecule has 0 aliphatic rings. The highest BCUT2D eigenvalue weighted by Gasteiger charge is 2.07. The summed E-state index contributed by atoms with van der Waals surface area (Å²) in [5, 5.41) is 10.7. The fraction of sp³-hybridized carbons (Fsp3) is 0.167. The third-order valence-electron chi connectivity index (χ3n) is 2.23. The zero-order valence-electron chi connectivity index (χ0n) is 7.99. The van der Waals surface area contributed by atoms with Crippen LogP contribution in [0, 0.1) is 6.92 Å². The number of benzene rings is 1. The first-order valence-electron chi connectivity index (χ1n) is 4.54. The van der Waals surface area contributed by atoms with Crippen molar-refractivity contribution in [1.29, 1.82) is 0 Å². The lowest BCUT2D eigenvalue weighted by Crippen LogP contribution is -1.77. The maximum atomic E-state index is 10.7. The minimum absolute atomic E-state index is 0.220. The van der Waals surface area contributed by atoms with Crippen LogP contribution in [0.3, 0.4) is 0 Å². The normalized spacial score (nSPS) is 10.4. The molecule has 0 bridgehead atoms. The third kappa shape index (κ3) is 1.56. The average molecular weight is 187 g/mol. The van der Waals surface area contributed by atoms with Gasteiger partial charge in [-0.3, -0.25) is 0 Å². The topological polar surface area (TPSA) is 33.0 Å². The van der Waals surface area contributed by atoms with E-state index in [0.717, 1.165) is 22.6 Å². The van der Waals surface area contributed by atoms with Crippen LogP contribution in [-0.4, -0.2) is 0 Å². The molecule has 2 heteroatoms. The summed E-state index contributed by atoms with van der Waals surface area (Å²) >= 11 is 0. The molecule has 2 rings (SSSR count). The predicted octanol–water partition coefficient (Wildman–Crippen LogP) is 3.19. The summed E-state index contributed by atoms with van der Waals surface area (Å²) < 4.78 is 5.49. The SMILES string of the molecule is Cc1oc(-c2ccccc2)cc1C[O]. The van der Waals surface area contributed by atoms with Gasteiger partial charge in [0.25, 0.3) is 0 Å². The molecule has 0 amide bonds. The third-order valence-corrected chi connectivity index (χ3v) is 2.23. The summed E-state index contributed by atoms with van der Waals surface area (Å²) in [7, 11) is 0. The van der Waals surface area contributed by atoms with E-state index in [9.17, 15) is 5.11 Å².